The van der Waals surface area contributed by atoms with Crippen molar-refractivity contribution in [2.24, 2.45) is 0 Å². The zero-order valence-electron chi connectivity index (χ0n) is 12.2. The van der Waals surface area contributed by atoms with Crippen LogP contribution in [0.3, 0.4) is 0 Å². The number of likely N-dealkylation sites (tertiary alicyclic amines) is 1. The zero-order chi connectivity index (χ0) is 14.1. The van der Waals surface area contributed by atoms with Crippen LogP contribution in [0.4, 0.5) is 11.4 Å². The molecule has 0 saturated carbocycles. The topological polar surface area (TPSA) is 27.3 Å². The molecule has 2 aromatic carbocycles. The summed E-state index contributed by atoms with van der Waals surface area (Å²) in [5.74, 6) is 0. The van der Waals surface area contributed by atoms with Crippen molar-refractivity contribution in [3.8, 4) is 0 Å². The van der Waals surface area contributed by atoms with Gasteiger partial charge in [-0.2, -0.15) is 0 Å². The predicted molar refractivity (Wildman–Crippen MR) is 87.4 cm³/mol. The lowest BCUT2D eigenvalue weighted by molar-refractivity contribution is 0.181. The standard InChI is InChI=1S/C18H21N3/c1-2-6-15(7-3-1)14-21-12-10-18(11-13-21)19-16-8-4-5-9-17(16)20-18/h1-9,19-20H,10-14H2. The molecule has 0 aliphatic carbocycles. The van der Waals surface area contributed by atoms with E-state index in [-0.39, 0.29) is 5.66 Å². The summed E-state index contributed by atoms with van der Waals surface area (Å²) in [6, 6.07) is 19.3. The summed E-state index contributed by atoms with van der Waals surface area (Å²) in [5, 5.41) is 7.39. The van der Waals surface area contributed by atoms with Crippen LogP contribution in [-0.4, -0.2) is 23.7 Å². The molecule has 0 bridgehead atoms. The maximum absolute atomic E-state index is 3.70. The van der Waals surface area contributed by atoms with Crippen LogP contribution in [0.5, 0.6) is 0 Å². The number of rotatable bonds is 2. The van der Waals surface area contributed by atoms with Gasteiger partial charge in [0.15, 0.2) is 0 Å². The lowest BCUT2D eigenvalue weighted by atomic mass is 9.97. The third-order valence-electron chi connectivity index (χ3n) is 4.63. The Hall–Kier alpha value is -2.00. The van der Waals surface area contributed by atoms with Crippen LogP contribution in [0.2, 0.25) is 0 Å². The fraction of sp³-hybridized carbons (Fsp3) is 0.333. The van der Waals surface area contributed by atoms with Gasteiger partial charge in [0.1, 0.15) is 5.66 Å². The molecule has 0 radical (unpaired) electrons. The Morgan fingerprint density at radius 3 is 2.00 bits per heavy atom. The second kappa shape index (κ2) is 5.08. The van der Waals surface area contributed by atoms with Crippen LogP contribution in [0.25, 0.3) is 0 Å². The van der Waals surface area contributed by atoms with Crippen LogP contribution >= 0.6 is 0 Å². The second-order valence-electron chi connectivity index (χ2n) is 6.14. The fourth-order valence-corrected chi connectivity index (χ4v) is 3.43. The summed E-state index contributed by atoms with van der Waals surface area (Å²) < 4.78 is 0. The summed E-state index contributed by atoms with van der Waals surface area (Å²) in [6.45, 7) is 3.32. The smallest absolute Gasteiger partial charge is 0.110 e. The summed E-state index contributed by atoms with van der Waals surface area (Å²) in [4.78, 5) is 2.55. The van der Waals surface area contributed by atoms with E-state index < -0.39 is 0 Å². The van der Waals surface area contributed by atoms with E-state index in [4.69, 9.17) is 0 Å². The van der Waals surface area contributed by atoms with Crippen LogP contribution in [0.15, 0.2) is 54.6 Å². The van der Waals surface area contributed by atoms with E-state index in [1.807, 2.05) is 0 Å². The minimum atomic E-state index is 0.0663. The van der Waals surface area contributed by atoms with E-state index in [0.29, 0.717) is 0 Å². The molecule has 3 nitrogen and oxygen atoms in total. The summed E-state index contributed by atoms with van der Waals surface area (Å²) in [5.41, 5.74) is 3.96. The van der Waals surface area contributed by atoms with Crippen molar-refractivity contribution >= 4 is 11.4 Å². The van der Waals surface area contributed by atoms with Gasteiger partial charge < -0.3 is 10.6 Å². The Morgan fingerprint density at radius 1 is 0.810 bits per heavy atom. The quantitative estimate of drug-likeness (QED) is 0.881. The zero-order valence-corrected chi connectivity index (χ0v) is 12.2. The molecule has 4 rings (SSSR count). The molecule has 21 heavy (non-hydrogen) atoms. The Morgan fingerprint density at radius 2 is 1.38 bits per heavy atom. The van der Waals surface area contributed by atoms with E-state index in [1.165, 1.54) is 16.9 Å². The maximum atomic E-state index is 3.70. The molecular weight excluding hydrogens is 258 g/mol. The lowest BCUT2D eigenvalue weighted by Gasteiger charge is -2.40. The first-order valence-electron chi connectivity index (χ1n) is 7.75. The van der Waals surface area contributed by atoms with Crippen LogP contribution in [0, 0.1) is 0 Å². The third kappa shape index (κ3) is 2.49. The Kier molecular flexibility index (Phi) is 3.08. The van der Waals surface area contributed by atoms with Crippen molar-refractivity contribution in [3.63, 3.8) is 0 Å². The summed E-state index contributed by atoms with van der Waals surface area (Å²) in [6.07, 6.45) is 2.27. The van der Waals surface area contributed by atoms with E-state index in [1.54, 1.807) is 0 Å². The number of benzene rings is 2. The number of hydrogen-bond donors (Lipinski definition) is 2. The number of anilines is 2. The minimum absolute atomic E-state index is 0.0663. The number of nitrogens with zero attached hydrogens (tertiary/aromatic N) is 1. The molecule has 1 saturated heterocycles. The average molecular weight is 279 g/mol. The number of piperidine rings is 1. The molecule has 1 spiro atoms. The van der Waals surface area contributed by atoms with Gasteiger partial charge >= 0.3 is 0 Å². The number of para-hydroxylation sites is 2. The highest BCUT2D eigenvalue weighted by molar-refractivity contribution is 5.76. The molecule has 1 fully saturated rings. The molecular formula is C18H21N3. The highest BCUT2D eigenvalue weighted by Gasteiger charge is 2.38. The first kappa shape index (κ1) is 12.7. The number of hydrogen-bond acceptors (Lipinski definition) is 3. The highest BCUT2D eigenvalue weighted by Crippen LogP contribution is 2.38. The van der Waals surface area contributed by atoms with E-state index in [9.17, 15) is 0 Å². The Labute approximate surface area is 126 Å². The molecule has 0 aromatic heterocycles. The second-order valence-corrected chi connectivity index (χ2v) is 6.14. The van der Waals surface area contributed by atoms with Gasteiger partial charge in [0.2, 0.25) is 0 Å². The third-order valence-corrected chi connectivity index (χ3v) is 4.63. The summed E-state index contributed by atoms with van der Waals surface area (Å²) in [7, 11) is 0. The van der Waals surface area contributed by atoms with E-state index in [2.05, 4.69) is 70.1 Å². The SMILES string of the molecule is c1ccc(CN2CCC3(CC2)Nc2ccccc2N3)cc1. The molecule has 2 N–H and O–H groups in total. The van der Waals surface area contributed by atoms with Crippen molar-refractivity contribution in [1.29, 1.82) is 0 Å². The molecule has 0 unspecified atom stereocenters. The molecule has 2 aromatic rings. The van der Waals surface area contributed by atoms with Gasteiger partial charge in [-0.3, -0.25) is 4.90 Å². The van der Waals surface area contributed by atoms with Crippen LogP contribution < -0.4 is 10.6 Å². The first-order valence-corrected chi connectivity index (χ1v) is 7.75. The van der Waals surface area contributed by atoms with Crippen molar-refractivity contribution in [2.75, 3.05) is 23.7 Å². The highest BCUT2D eigenvalue weighted by atomic mass is 15.3. The van der Waals surface area contributed by atoms with Crippen molar-refractivity contribution in [1.82, 2.24) is 4.90 Å². The van der Waals surface area contributed by atoms with Gasteiger partial charge in [0, 0.05) is 32.5 Å². The molecule has 3 heteroatoms. The monoisotopic (exact) mass is 279 g/mol. The minimum Gasteiger partial charge on any atom is -0.361 e. The van der Waals surface area contributed by atoms with Gasteiger partial charge in [-0.25, -0.2) is 0 Å². The number of nitrogens with one attached hydrogen (secondary N) is 2. The average Bonchev–Trinajstić information content (AvgIpc) is 2.89. The van der Waals surface area contributed by atoms with Gasteiger partial charge in [-0.15, -0.1) is 0 Å². The molecule has 0 atom stereocenters. The lowest BCUT2D eigenvalue weighted by Crippen LogP contribution is -2.51. The molecule has 2 aliphatic heterocycles. The normalized spacial score (nSPS) is 19.8. The molecule has 2 aliphatic rings. The van der Waals surface area contributed by atoms with Gasteiger partial charge in [-0.1, -0.05) is 42.5 Å². The first-order chi connectivity index (χ1) is 10.3. The Bertz CT molecular complexity index is 588. The van der Waals surface area contributed by atoms with Gasteiger partial charge in [0.25, 0.3) is 0 Å². The van der Waals surface area contributed by atoms with Crippen molar-refractivity contribution in [3.05, 3.63) is 60.2 Å². The predicted octanol–water partition coefficient (Wildman–Crippen LogP) is 3.52. The van der Waals surface area contributed by atoms with Crippen molar-refractivity contribution in [2.45, 2.75) is 25.0 Å². The summed E-state index contributed by atoms with van der Waals surface area (Å²) >= 11 is 0. The molecule has 0 amide bonds. The molecule has 2 heterocycles. The Balaban J connectivity index is 1.40. The van der Waals surface area contributed by atoms with Crippen LogP contribution in [-0.2, 0) is 6.54 Å². The number of fused-ring (bicyclic) bond motifs is 1. The van der Waals surface area contributed by atoms with Crippen LogP contribution in [0.1, 0.15) is 18.4 Å². The fourth-order valence-electron chi connectivity index (χ4n) is 3.43. The van der Waals surface area contributed by atoms with E-state index in [0.717, 1.165) is 32.5 Å². The van der Waals surface area contributed by atoms with Gasteiger partial charge in [0.05, 0.1) is 11.4 Å². The molecule has 108 valence electrons. The van der Waals surface area contributed by atoms with Crippen molar-refractivity contribution < 1.29 is 0 Å². The largest absolute Gasteiger partial charge is 0.361 e. The maximum Gasteiger partial charge on any atom is 0.110 e. The van der Waals surface area contributed by atoms with Gasteiger partial charge in [-0.05, 0) is 17.7 Å². The van der Waals surface area contributed by atoms with E-state index >= 15 is 0 Å².